The molecule has 0 bridgehead atoms. The van der Waals surface area contributed by atoms with E-state index in [0.717, 1.165) is 0 Å². The Hall–Kier alpha value is -2.53. The normalized spacial score (nSPS) is 16.2. The number of hydrogen-bond donors (Lipinski definition) is 2. The van der Waals surface area contributed by atoms with Gasteiger partial charge in [0.15, 0.2) is 5.75 Å². The number of carbonyl (C=O) groups excluding carboxylic acids is 2. The molecular weight excluding hydrogens is 304 g/mol. The predicted octanol–water partition coefficient (Wildman–Crippen LogP) is 3.07. The molecule has 1 heterocycles. The highest BCUT2D eigenvalue weighted by molar-refractivity contribution is 6.33. The molecule has 2 aromatic rings. The van der Waals surface area contributed by atoms with Crippen molar-refractivity contribution in [2.24, 2.45) is 0 Å². The second kappa shape index (κ2) is 6.07. The fourth-order valence-electron chi connectivity index (χ4n) is 2.18. The number of anilines is 2. The highest BCUT2D eigenvalue weighted by Crippen LogP contribution is 2.29. The molecular formula is C16H13ClN2O3. The van der Waals surface area contributed by atoms with E-state index in [1.807, 2.05) is 6.07 Å². The van der Waals surface area contributed by atoms with Crippen molar-refractivity contribution in [1.82, 2.24) is 0 Å². The van der Waals surface area contributed by atoms with Crippen LogP contribution < -0.4 is 15.4 Å². The lowest BCUT2D eigenvalue weighted by atomic mass is 10.1. The van der Waals surface area contributed by atoms with E-state index in [1.54, 1.807) is 42.5 Å². The Morgan fingerprint density at radius 1 is 1.18 bits per heavy atom. The second-order valence-electron chi connectivity index (χ2n) is 4.85. The maximum absolute atomic E-state index is 12.1. The van der Waals surface area contributed by atoms with Crippen LogP contribution in [0.5, 0.6) is 5.75 Å². The molecule has 0 saturated carbocycles. The number of hydrogen-bond acceptors (Lipinski definition) is 4. The molecule has 0 spiro atoms. The summed E-state index contributed by atoms with van der Waals surface area (Å²) in [7, 11) is 0. The molecule has 3 rings (SSSR count). The number of nitrogens with one attached hydrogen (secondary N) is 2. The predicted molar refractivity (Wildman–Crippen MR) is 84.2 cm³/mol. The lowest BCUT2D eigenvalue weighted by Gasteiger charge is -2.25. The minimum absolute atomic E-state index is 0.0433. The van der Waals surface area contributed by atoms with Crippen molar-refractivity contribution in [2.45, 2.75) is 12.5 Å². The van der Waals surface area contributed by atoms with Gasteiger partial charge in [-0.05, 0) is 24.3 Å². The fourth-order valence-corrected chi connectivity index (χ4v) is 2.37. The summed E-state index contributed by atoms with van der Waals surface area (Å²) >= 11 is 5.98. The average molecular weight is 317 g/mol. The Labute approximate surface area is 132 Å². The Balaban J connectivity index is 1.67. The van der Waals surface area contributed by atoms with Crippen LogP contribution in [0.15, 0.2) is 48.5 Å². The number of carbonyl (C=O) groups is 2. The highest BCUT2D eigenvalue weighted by Gasteiger charge is 2.29. The number of amides is 1. The van der Waals surface area contributed by atoms with Gasteiger partial charge in [0, 0.05) is 0 Å². The standard InChI is InChI=1S/C16H13ClN2O3/c17-10-5-1-2-6-11(10)19-15(20)9-13-16(21)22-14-8-4-3-7-12(14)18-13/h1-8,13,18H,9H2,(H,19,20)/t13-/m1/s1. The Morgan fingerprint density at radius 2 is 1.91 bits per heavy atom. The molecule has 0 radical (unpaired) electrons. The molecule has 1 amide bonds. The molecule has 1 aliphatic rings. The van der Waals surface area contributed by atoms with Gasteiger partial charge in [-0.1, -0.05) is 35.9 Å². The van der Waals surface area contributed by atoms with Crippen LogP contribution in [0.1, 0.15) is 6.42 Å². The van der Waals surface area contributed by atoms with Crippen molar-refractivity contribution >= 4 is 34.9 Å². The van der Waals surface area contributed by atoms with Crippen LogP contribution >= 0.6 is 11.6 Å². The number of ether oxygens (including phenoxy) is 1. The zero-order valence-electron chi connectivity index (χ0n) is 11.5. The topological polar surface area (TPSA) is 67.4 Å². The summed E-state index contributed by atoms with van der Waals surface area (Å²) in [5.41, 5.74) is 1.20. The maximum Gasteiger partial charge on any atom is 0.334 e. The van der Waals surface area contributed by atoms with Crippen LogP contribution in [0.4, 0.5) is 11.4 Å². The SMILES string of the molecule is O=C(C[C@H]1Nc2ccccc2OC1=O)Nc1ccccc1Cl. The van der Waals surface area contributed by atoms with E-state index in [2.05, 4.69) is 10.6 Å². The molecule has 5 nitrogen and oxygen atoms in total. The monoisotopic (exact) mass is 316 g/mol. The summed E-state index contributed by atoms with van der Waals surface area (Å²) in [6.45, 7) is 0. The van der Waals surface area contributed by atoms with E-state index in [1.165, 1.54) is 0 Å². The van der Waals surface area contributed by atoms with Crippen LogP contribution in [0.25, 0.3) is 0 Å². The molecule has 2 aromatic carbocycles. The first-order valence-electron chi connectivity index (χ1n) is 6.75. The third kappa shape index (κ3) is 3.04. The van der Waals surface area contributed by atoms with E-state index in [0.29, 0.717) is 22.1 Å². The fraction of sp³-hybridized carbons (Fsp3) is 0.125. The third-order valence-electron chi connectivity index (χ3n) is 3.25. The Bertz CT molecular complexity index is 733. The smallest absolute Gasteiger partial charge is 0.334 e. The first-order valence-corrected chi connectivity index (χ1v) is 7.13. The quantitative estimate of drug-likeness (QED) is 0.674. The van der Waals surface area contributed by atoms with Gasteiger partial charge in [0.2, 0.25) is 5.91 Å². The van der Waals surface area contributed by atoms with Gasteiger partial charge < -0.3 is 15.4 Å². The number of benzene rings is 2. The third-order valence-corrected chi connectivity index (χ3v) is 3.58. The molecule has 6 heteroatoms. The lowest BCUT2D eigenvalue weighted by molar-refractivity contribution is -0.137. The van der Waals surface area contributed by atoms with Crippen LogP contribution in [0.2, 0.25) is 5.02 Å². The van der Waals surface area contributed by atoms with Crippen molar-refractivity contribution in [3.05, 3.63) is 53.6 Å². The number of para-hydroxylation sites is 3. The molecule has 22 heavy (non-hydrogen) atoms. The lowest BCUT2D eigenvalue weighted by Crippen LogP contribution is -2.39. The summed E-state index contributed by atoms with van der Waals surface area (Å²) in [4.78, 5) is 24.0. The molecule has 0 unspecified atom stereocenters. The van der Waals surface area contributed by atoms with Gasteiger partial charge in [0.25, 0.3) is 0 Å². The van der Waals surface area contributed by atoms with E-state index < -0.39 is 12.0 Å². The van der Waals surface area contributed by atoms with Gasteiger partial charge >= 0.3 is 5.97 Å². The first-order chi connectivity index (χ1) is 10.6. The van der Waals surface area contributed by atoms with Gasteiger partial charge in [-0.25, -0.2) is 4.79 Å². The van der Waals surface area contributed by atoms with Crippen LogP contribution in [-0.4, -0.2) is 17.9 Å². The number of halogens is 1. The van der Waals surface area contributed by atoms with E-state index in [9.17, 15) is 9.59 Å². The molecule has 0 aromatic heterocycles. The number of esters is 1. The van der Waals surface area contributed by atoms with Gasteiger partial charge in [0.1, 0.15) is 6.04 Å². The van der Waals surface area contributed by atoms with Crippen LogP contribution in [0.3, 0.4) is 0 Å². The van der Waals surface area contributed by atoms with Crippen molar-refractivity contribution in [3.63, 3.8) is 0 Å². The molecule has 0 saturated heterocycles. The molecule has 112 valence electrons. The number of rotatable bonds is 3. The Morgan fingerprint density at radius 3 is 2.73 bits per heavy atom. The minimum Gasteiger partial charge on any atom is -0.423 e. The van der Waals surface area contributed by atoms with Gasteiger partial charge in [0.05, 0.1) is 22.8 Å². The van der Waals surface area contributed by atoms with Crippen molar-refractivity contribution < 1.29 is 14.3 Å². The molecule has 0 aliphatic carbocycles. The highest BCUT2D eigenvalue weighted by atomic mass is 35.5. The molecule has 1 atom stereocenters. The van der Waals surface area contributed by atoms with Crippen LogP contribution in [0, 0.1) is 0 Å². The zero-order chi connectivity index (χ0) is 15.5. The zero-order valence-corrected chi connectivity index (χ0v) is 12.3. The summed E-state index contributed by atoms with van der Waals surface area (Å²) in [5.74, 6) is -0.329. The van der Waals surface area contributed by atoms with E-state index >= 15 is 0 Å². The summed E-state index contributed by atoms with van der Waals surface area (Å²) in [6, 6.07) is 13.3. The van der Waals surface area contributed by atoms with Crippen LogP contribution in [-0.2, 0) is 9.59 Å². The van der Waals surface area contributed by atoms with E-state index in [-0.39, 0.29) is 12.3 Å². The minimum atomic E-state index is -0.725. The summed E-state index contributed by atoms with van der Waals surface area (Å²) in [6.07, 6.45) is -0.0433. The summed E-state index contributed by atoms with van der Waals surface area (Å²) < 4.78 is 5.21. The Kier molecular flexibility index (Phi) is 3.98. The van der Waals surface area contributed by atoms with Gasteiger partial charge in [-0.15, -0.1) is 0 Å². The maximum atomic E-state index is 12.1. The van der Waals surface area contributed by atoms with E-state index in [4.69, 9.17) is 16.3 Å². The second-order valence-corrected chi connectivity index (χ2v) is 5.25. The van der Waals surface area contributed by atoms with Gasteiger partial charge in [-0.2, -0.15) is 0 Å². The van der Waals surface area contributed by atoms with Gasteiger partial charge in [-0.3, -0.25) is 4.79 Å². The number of fused-ring (bicyclic) bond motifs is 1. The first kappa shape index (κ1) is 14.4. The average Bonchev–Trinajstić information content (AvgIpc) is 2.50. The summed E-state index contributed by atoms with van der Waals surface area (Å²) in [5, 5.41) is 6.14. The largest absolute Gasteiger partial charge is 0.423 e. The molecule has 1 aliphatic heterocycles. The van der Waals surface area contributed by atoms with Crippen molar-refractivity contribution in [2.75, 3.05) is 10.6 Å². The molecule has 2 N–H and O–H groups in total. The van der Waals surface area contributed by atoms with Crippen molar-refractivity contribution in [3.8, 4) is 5.75 Å². The van der Waals surface area contributed by atoms with Crippen molar-refractivity contribution in [1.29, 1.82) is 0 Å². The molecule has 0 fully saturated rings.